The number of rotatable bonds is 60. The number of aliphatic hydroxyl groups excluding tert-OH is 5. The minimum Gasteiger partial charge on any atom is -0.466 e. The van der Waals surface area contributed by atoms with Crippen molar-refractivity contribution in [1.29, 1.82) is 0 Å². The quantitative estimate of drug-likeness (QED) is 0.0195. The molecular weight excluding hydrogens is 991 g/mol. The molecule has 11 nitrogen and oxygen atoms in total. The van der Waals surface area contributed by atoms with E-state index in [9.17, 15) is 35.1 Å². The molecule has 1 aliphatic heterocycles. The molecule has 0 aromatic rings. The Morgan fingerprint density at radius 3 is 1.22 bits per heavy atom. The van der Waals surface area contributed by atoms with Gasteiger partial charge < -0.3 is 45.1 Å². The minimum absolute atomic E-state index is 0.00884. The van der Waals surface area contributed by atoms with Crippen LogP contribution in [0, 0.1) is 0 Å². The molecule has 7 atom stereocenters. The molecule has 1 aliphatic rings. The number of carbonyl (C=O) groups is 2. The zero-order valence-electron chi connectivity index (χ0n) is 51.6. The van der Waals surface area contributed by atoms with Crippen LogP contribution in [0.15, 0.2) is 24.3 Å². The molecule has 0 aliphatic carbocycles. The lowest BCUT2D eigenvalue weighted by atomic mass is 9.99. The summed E-state index contributed by atoms with van der Waals surface area (Å²) in [4.78, 5) is 25.1. The summed E-state index contributed by atoms with van der Waals surface area (Å²) in [7, 11) is 0. The van der Waals surface area contributed by atoms with Crippen molar-refractivity contribution in [3.05, 3.63) is 24.3 Å². The van der Waals surface area contributed by atoms with Crippen molar-refractivity contribution in [2.75, 3.05) is 19.8 Å². The fraction of sp³-hybridized carbons (Fsp3) is 0.912. The van der Waals surface area contributed by atoms with Gasteiger partial charge in [-0.15, -0.1) is 0 Å². The van der Waals surface area contributed by atoms with Crippen molar-refractivity contribution in [1.82, 2.24) is 5.32 Å². The number of esters is 1. The molecule has 1 rings (SSSR count). The molecule has 1 amide bonds. The molecule has 0 bridgehead atoms. The number of hydrogen-bond donors (Lipinski definition) is 6. The number of hydrogen-bond acceptors (Lipinski definition) is 10. The second-order valence-corrected chi connectivity index (χ2v) is 23.9. The molecule has 0 aromatic carbocycles. The molecule has 0 aromatic heterocycles. The van der Waals surface area contributed by atoms with Crippen molar-refractivity contribution in [2.45, 2.75) is 378 Å². The number of allylic oxidation sites excluding steroid dienone is 3. The van der Waals surface area contributed by atoms with Gasteiger partial charge in [-0.05, 0) is 57.8 Å². The molecule has 1 saturated heterocycles. The summed E-state index contributed by atoms with van der Waals surface area (Å²) >= 11 is 0. The van der Waals surface area contributed by atoms with Gasteiger partial charge in [-0.25, -0.2) is 0 Å². The maximum Gasteiger partial charge on any atom is 0.305 e. The molecule has 0 saturated carbocycles. The van der Waals surface area contributed by atoms with E-state index in [0.717, 1.165) is 57.8 Å². The third-order valence-corrected chi connectivity index (χ3v) is 16.3. The van der Waals surface area contributed by atoms with E-state index in [0.29, 0.717) is 19.4 Å². The van der Waals surface area contributed by atoms with E-state index in [1.54, 1.807) is 6.08 Å². The molecule has 11 heteroatoms. The fourth-order valence-corrected chi connectivity index (χ4v) is 10.9. The molecule has 7 unspecified atom stereocenters. The Bertz CT molecular complexity index is 1360. The largest absolute Gasteiger partial charge is 0.466 e. The molecule has 466 valence electrons. The Morgan fingerprint density at radius 2 is 0.810 bits per heavy atom. The normalized spacial score (nSPS) is 18.5. The van der Waals surface area contributed by atoms with Crippen molar-refractivity contribution in [2.24, 2.45) is 0 Å². The maximum atomic E-state index is 13.0. The number of ether oxygens (including phenoxy) is 3. The summed E-state index contributed by atoms with van der Waals surface area (Å²) < 4.78 is 16.7. The third-order valence-electron chi connectivity index (χ3n) is 16.3. The van der Waals surface area contributed by atoms with E-state index >= 15 is 0 Å². The number of nitrogens with one attached hydrogen (secondary N) is 1. The number of carbonyl (C=O) groups excluding carboxylic acids is 2. The zero-order chi connectivity index (χ0) is 57.3. The van der Waals surface area contributed by atoms with Crippen LogP contribution in [0.25, 0.3) is 0 Å². The average Bonchev–Trinajstić information content (AvgIpc) is 3.46. The van der Waals surface area contributed by atoms with Gasteiger partial charge >= 0.3 is 5.97 Å². The SMILES string of the molecule is CCCCCCCCC/C=C/C(O)C(COC1OC(CO)C(O)C(O)C1O)NC(=O)CCCCCCCCCCCCC/C=C\CCCCCCCCCCCCCCOC(=O)CCCCCCCCCCCCCCCCC. The van der Waals surface area contributed by atoms with Gasteiger partial charge in [0.2, 0.25) is 5.91 Å². The van der Waals surface area contributed by atoms with Crippen LogP contribution in [0.2, 0.25) is 0 Å². The lowest BCUT2D eigenvalue weighted by molar-refractivity contribution is -0.302. The predicted molar refractivity (Wildman–Crippen MR) is 329 cm³/mol. The number of unbranched alkanes of at least 4 members (excludes halogenated alkanes) is 44. The van der Waals surface area contributed by atoms with E-state index < -0.39 is 49.5 Å². The highest BCUT2D eigenvalue weighted by Crippen LogP contribution is 2.23. The highest BCUT2D eigenvalue weighted by molar-refractivity contribution is 5.76. The lowest BCUT2D eigenvalue weighted by Gasteiger charge is -2.40. The van der Waals surface area contributed by atoms with E-state index in [-0.39, 0.29) is 18.5 Å². The Hall–Kier alpha value is -1.86. The Balaban J connectivity index is 1.93. The van der Waals surface area contributed by atoms with E-state index in [1.165, 1.54) is 250 Å². The Kier molecular flexibility index (Phi) is 55.1. The predicted octanol–water partition coefficient (Wildman–Crippen LogP) is 16.8. The van der Waals surface area contributed by atoms with E-state index in [2.05, 4.69) is 31.3 Å². The monoisotopic (exact) mass is 1120 g/mol. The van der Waals surface area contributed by atoms with E-state index in [1.807, 2.05) is 6.08 Å². The zero-order valence-corrected chi connectivity index (χ0v) is 51.6. The molecule has 1 fully saturated rings. The van der Waals surface area contributed by atoms with Crippen LogP contribution in [-0.2, 0) is 23.8 Å². The summed E-state index contributed by atoms with van der Waals surface area (Å²) in [6.45, 7) is 4.34. The summed E-state index contributed by atoms with van der Waals surface area (Å²) in [6, 6.07) is -0.809. The van der Waals surface area contributed by atoms with Gasteiger partial charge in [0.05, 0.1) is 32.0 Å². The molecular formula is C68H129NO10. The third kappa shape index (κ3) is 47.2. The van der Waals surface area contributed by atoms with Crippen molar-refractivity contribution < 1.29 is 49.3 Å². The van der Waals surface area contributed by atoms with Gasteiger partial charge in [0, 0.05) is 12.8 Å². The average molecular weight is 1120 g/mol. The Morgan fingerprint density at radius 1 is 0.456 bits per heavy atom. The fourth-order valence-electron chi connectivity index (χ4n) is 10.9. The molecule has 1 heterocycles. The highest BCUT2D eigenvalue weighted by Gasteiger charge is 2.44. The smallest absolute Gasteiger partial charge is 0.305 e. The topological polar surface area (TPSA) is 175 Å². The minimum atomic E-state index is -1.57. The molecule has 79 heavy (non-hydrogen) atoms. The maximum absolute atomic E-state index is 13.0. The van der Waals surface area contributed by atoms with Crippen molar-refractivity contribution >= 4 is 11.9 Å². The summed E-state index contributed by atoms with van der Waals surface area (Å²) in [5, 5.41) is 54.3. The molecule has 0 radical (unpaired) electrons. The summed E-state index contributed by atoms with van der Waals surface area (Å²) in [5.74, 6) is -0.175. The molecule has 0 spiro atoms. The highest BCUT2D eigenvalue weighted by atomic mass is 16.7. The van der Waals surface area contributed by atoms with Crippen LogP contribution in [0.3, 0.4) is 0 Å². The first-order valence-electron chi connectivity index (χ1n) is 34.1. The van der Waals surface area contributed by atoms with E-state index in [4.69, 9.17) is 14.2 Å². The summed E-state index contributed by atoms with van der Waals surface area (Å²) in [5.41, 5.74) is 0. The first-order valence-corrected chi connectivity index (χ1v) is 34.1. The number of amides is 1. The van der Waals surface area contributed by atoms with Crippen molar-refractivity contribution in [3.63, 3.8) is 0 Å². The first-order chi connectivity index (χ1) is 38.7. The van der Waals surface area contributed by atoms with Crippen LogP contribution >= 0.6 is 0 Å². The van der Waals surface area contributed by atoms with Crippen LogP contribution in [0.1, 0.15) is 335 Å². The van der Waals surface area contributed by atoms with Gasteiger partial charge in [0.1, 0.15) is 24.4 Å². The van der Waals surface area contributed by atoms with Crippen LogP contribution in [-0.4, -0.2) is 100 Å². The second-order valence-electron chi connectivity index (χ2n) is 23.9. The Labute approximate surface area is 486 Å². The van der Waals surface area contributed by atoms with Gasteiger partial charge in [0.15, 0.2) is 6.29 Å². The lowest BCUT2D eigenvalue weighted by Crippen LogP contribution is -2.60. The first kappa shape index (κ1) is 75.2. The van der Waals surface area contributed by atoms with Crippen LogP contribution in [0.5, 0.6) is 0 Å². The van der Waals surface area contributed by atoms with Crippen molar-refractivity contribution in [3.8, 4) is 0 Å². The standard InChI is InChI=1S/C68H129NO10/c1-3-5-7-9-11-13-14-15-29-33-36-40-44-48-52-56-64(73)77-57-53-49-45-41-37-34-31-28-26-24-22-20-18-16-17-19-21-23-25-27-30-32-35-39-43-47-51-55-63(72)69-60(61(71)54-50-46-42-38-12-10-8-6-4-2)59-78-68-67(76)66(75)65(74)62(58-70)79-68/h16-17,50,54,60-62,65-68,70-71,74-76H,3-15,18-49,51-53,55-59H2,1-2H3,(H,69,72)/b17-16-,54-50+. The summed E-state index contributed by atoms with van der Waals surface area (Å²) in [6.07, 6.45) is 61.7. The number of aliphatic hydroxyl groups is 5. The molecule has 6 N–H and O–H groups in total. The van der Waals surface area contributed by atoms with Crippen LogP contribution < -0.4 is 5.32 Å². The van der Waals surface area contributed by atoms with Gasteiger partial charge in [0.25, 0.3) is 0 Å². The van der Waals surface area contributed by atoms with Gasteiger partial charge in [-0.2, -0.15) is 0 Å². The van der Waals surface area contributed by atoms with Gasteiger partial charge in [-0.1, -0.05) is 289 Å². The van der Waals surface area contributed by atoms with Crippen LogP contribution in [0.4, 0.5) is 0 Å². The van der Waals surface area contributed by atoms with Gasteiger partial charge in [-0.3, -0.25) is 9.59 Å². The second kappa shape index (κ2) is 57.9.